The predicted octanol–water partition coefficient (Wildman–Crippen LogP) is 4.97. The lowest BCUT2D eigenvalue weighted by molar-refractivity contribution is -0.153. The summed E-state index contributed by atoms with van der Waals surface area (Å²) >= 11 is 0. The molecule has 2 aromatic heterocycles. The number of amides is 1. The summed E-state index contributed by atoms with van der Waals surface area (Å²) < 4.78 is 96.9. The monoisotopic (exact) mass is 542 g/mol. The molecule has 38 heavy (non-hydrogen) atoms. The second-order valence-electron chi connectivity index (χ2n) is 9.69. The molecule has 1 N–H and O–H groups in total. The van der Waals surface area contributed by atoms with Gasteiger partial charge in [-0.25, -0.2) is 22.5 Å². The van der Waals surface area contributed by atoms with E-state index in [2.05, 4.69) is 4.98 Å². The standard InChI is InChI=1S/C25H21F7N4O2/c1-2-18(25(30,31)32)33-22(38)15-10-36(17-5-3-13(26)9-16(17)27)21-14(20(15)37)4-6-19(34-21)35-8-7-23(12-35)11-24(23,28)29/h3-6,9-10,18H,2,7-8,11-12H2,1H3,(H,33,38)/t18-,23?/m1/s1. The van der Waals surface area contributed by atoms with Gasteiger partial charge >= 0.3 is 6.18 Å². The maximum atomic E-state index is 14.8. The number of anilines is 1. The molecule has 1 unspecified atom stereocenters. The third-order valence-electron chi connectivity index (χ3n) is 7.25. The van der Waals surface area contributed by atoms with Crippen LogP contribution in [0.3, 0.4) is 0 Å². The van der Waals surface area contributed by atoms with Crippen molar-refractivity contribution in [3.05, 3.63) is 63.9 Å². The molecule has 1 aromatic carbocycles. The van der Waals surface area contributed by atoms with Gasteiger partial charge in [0.1, 0.15) is 29.1 Å². The summed E-state index contributed by atoms with van der Waals surface area (Å²) in [5.41, 5.74) is -3.33. The normalized spacial score (nSPS) is 21.2. The first kappa shape index (κ1) is 26.0. The lowest BCUT2D eigenvalue weighted by atomic mass is 10.1. The van der Waals surface area contributed by atoms with E-state index >= 15 is 0 Å². The van der Waals surface area contributed by atoms with Crippen molar-refractivity contribution in [1.29, 1.82) is 0 Å². The minimum Gasteiger partial charge on any atom is -0.356 e. The number of carbonyl (C=O) groups excluding carboxylic acids is 1. The summed E-state index contributed by atoms with van der Waals surface area (Å²) in [6.07, 6.45) is -4.44. The van der Waals surface area contributed by atoms with Gasteiger partial charge in [0, 0.05) is 31.8 Å². The Balaban J connectivity index is 1.63. The molecule has 3 heterocycles. The molecule has 6 nitrogen and oxygen atoms in total. The molecule has 2 fully saturated rings. The SMILES string of the molecule is CC[C@@H](NC(=O)c1cn(-c2ccc(F)cc2F)c2nc(N3CCC4(C3)CC4(F)F)ccc2c1=O)C(F)(F)F. The van der Waals surface area contributed by atoms with E-state index in [-0.39, 0.29) is 48.5 Å². The van der Waals surface area contributed by atoms with E-state index in [4.69, 9.17) is 0 Å². The van der Waals surface area contributed by atoms with Gasteiger partial charge in [-0.2, -0.15) is 13.2 Å². The van der Waals surface area contributed by atoms with Crippen molar-refractivity contribution < 1.29 is 35.5 Å². The number of fused-ring (bicyclic) bond motifs is 1. The summed E-state index contributed by atoms with van der Waals surface area (Å²) in [6, 6.07) is 2.89. The highest BCUT2D eigenvalue weighted by molar-refractivity contribution is 5.97. The van der Waals surface area contributed by atoms with Gasteiger partial charge in [0.25, 0.3) is 11.8 Å². The lowest BCUT2D eigenvalue weighted by Gasteiger charge is -2.21. The number of rotatable bonds is 5. The van der Waals surface area contributed by atoms with Crippen LogP contribution in [-0.2, 0) is 0 Å². The Morgan fingerprint density at radius 3 is 2.47 bits per heavy atom. The lowest BCUT2D eigenvalue weighted by Crippen LogP contribution is -2.46. The van der Waals surface area contributed by atoms with Gasteiger partial charge in [0.05, 0.1) is 16.5 Å². The summed E-state index contributed by atoms with van der Waals surface area (Å²) in [5, 5.41) is 1.55. The molecule has 1 amide bonds. The molecule has 2 aliphatic rings. The fraction of sp³-hybridized carbons (Fsp3) is 0.400. The predicted molar refractivity (Wildman–Crippen MR) is 124 cm³/mol. The second kappa shape index (κ2) is 8.70. The highest BCUT2D eigenvalue weighted by atomic mass is 19.4. The maximum Gasteiger partial charge on any atom is 0.408 e. The highest BCUT2D eigenvalue weighted by Crippen LogP contribution is 2.65. The third kappa shape index (κ3) is 4.27. The van der Waals surface area contributed by atoms with Gasteiger partial charge in [-0.05, 0) is 37.1 Å². The van der Waals surface area contributed by atoms with Crippen LogP contribution < -0.4 is 15.6 Å². The molecule has 1 aliphatic heterocycles. The van der Waals surface area contributed by atoms with Crippen molar-refractivity contribution in [2.75, 3.05) is 18.0 Å². The Bertz CT molecular complexity index is 1500. The summed E-state index contributed by atoms with van der Waals surface area (Å²) in [4.78, 5) is 32.0. The first-order valence-corrected chi connectivity index (χ1v) is 11.8. The van der Waals surface area contributed by atoms with Crippen LogP contribution >= 0.6 is 0 Å². The number of alkyl halides is 5. The number of benzene rings is 1. The Kier molecular flexibility index (Phi) is 5.95. The fourth-order valence-electron chi connectivity index (χ4n) is 4.93. The Labute approximate surface area is 211 Å². The zero-order chi connectivity index (χ0) is 27.6. The average molecular weight is 542 g/mol. The number of hydrogen-bond acceptors (Lipinski definition) is 4. The van der Waals surface area contributed by atoms with Crippen LogP contribution in [0.25, 0.3) is 16.7 Å². The maximum absolute atomic E-state index is 14.8. The van der Waals surface area contributed by atoms with E-state index in [9.17, 15) is 40.3 Å². The molecule has 2 atom stereocenters. The topological polar surface area (TPSA) is 67.2 Å². The molecule has 1 saturated heterocycles. The summed E-state index contributed by atoms with van der Waals surface area (Å²) in [7, 11) is 0. The molecular formula is C25H21F7N4O2. The van der Waals surface area contributed by atoms with E-state index in [1.807, 2.05) is 0 Å². The van der Waals surface area contributed by atoms with Gasteiger partial charge in [0.15, 0.2) is 5.65 Å². The first-order valence-electron chi connectivity index (χ1n) is 11.8. The number of halogens is 7. The van der Waals surface area contributed by atoms with Crippen LogP contribution in [0.1, 0.15) is 36.5 Å². The molecule has 1 saturated carbocycles. The van der Waals surface area contributed by atoms with Crippen molar-refractivity contribution in [3.63, 3.8) is 0 Å². The largest absolute Gasteiger partial charge is 0.408 e. The molecule has 3 aromatic rings. The number of nitrogens with zero attached hydrogens (tertiary/aromatic N) is 3. The summed E-state index contributed by atoms with van der Waals surface area (Å²) in [5.74, 6) is -5.90. The zero-order valence-electron chi connectivity index (χ0n) is 19.9. The van der Waals surface area contributed by atoms with Gasteiger partial charge in [-0.1, -0.05) is 6.92 Å². The highest BCUT2D eigenvalue weighted by Gasteiger charge is 2.72. The van der Waals surface area contributed by atoms with E-state index in [1.54, 1.807) is 10.2 Å². The van der Waals surface area contributed by atoms with Crippen LogP contribution in [0.15, 0.2) is 41.3 Å². The molecule has 1 spiro atoms. The van der Waals surface area contributed by atoms with E-state index in [0.29, 0.717) is 6.07 Å². The van der Waals surface area contributed by atoms with Crippen LogP contribution in [0.5, 0.6) is 0 Å². The molecule has 0 radical (unpaired) electrons. The van der Waals surface area contributed by atoms with Crippen molar-refractivity contribution in [3.8, 4) is 5.69 Å². The Morgan fingerprint density at radius 2 is 1.89 bits per heavy atom. The number of hydrogen-bond donors (Lipinski definition) is 1. The molecule has 13 heteroatoms. The smallest absolute Gasteiger partial charge is 0.356 e. The van der Waals surface area contributed by atoms with Crippen molar-refractivity contribution >= 4 is 22.8 Å². The van der Waals surface area contributed by atoms with E-state index < -0.39 is 58.5 Å². The van der Waals surface area contributed by atoms with Gasteiger partial charge in [-0.3, -0.25) is 14.2 Å². The average Bonchev–Trinajstić information content (AvgIpc) is 3.14. The second-order valence-corrected chi connectivity index (χ2v) is 9.69. The van der Waals surface area contributed by atoms with Gasteiger partial charge in [-0.15, -0.1) is 0 Å². The van der Waals surface area contributed by atoms with Crippen molar-refractivity contribution in [2.24, 2.45) is 5.41 Å². The van der Waals surface area contributed by atoms with Gasteiger partial charge < -0.3 is 10.2 Å². The fourth-order valence-corrected chi connectivity index (χ4v) is 4.93. The number of pyridine rings is 2. The molecule has 5 rings (SSSR count). The van der Waals surface area contributed by atoms with Crippen LogP contribution in [-0.4, -0.2) is 46.7 Å². The van der Waals surface area contributed by atoms with Crippen molar-refractivity contribution in [1.82, 2.24) is 14.9 Å². The molecule has 1 aliphatic carbocycles. The zero-order valence-corrected chi connectivity index (χ0v) is 19.9. The first-order chi connectivity index (χ1) is 17.8. The van der Waals surface area contributed by atoms with Crippen LogP contribution in [0, 0.1) is 17.0 Å². The Morgan fingerprint density at radius 1 is 1.18 bits per heavy atom. The Hall–Kier alpha value is -3.64. The number of aromatic nitrogens is 2. The van der Waals surface area contributed by atoms with Crippen molar-refractivity contribution in [2.45, 2.75) is 44.3 Å². The third-order valence-corrected chi connectivity index (χ3v) is 7.25. The minimum absolute atomic E-state index is 0.0178. The van der Waals surface area contributed by atoms with Gasteiger partial charge in [0.2, 0.25) is 5.43 Å². The molecular weight excluding hydrogens is 521 g/mol. The van der Waals surface area contributed by atoms with Crippen LogP contribution in [0.2, 0.25) is 0 Å². The van der Waals surface area contributed by atoms with E-state index in [0.717, 1.165) is 22.9 Å². The molecule has 0 bridgehead atoms. The number of nitrogens with one attached hydrogen (secondary N) is 1. The van der Waals surface area contributed by atoms with Crippen LogP contribution in [0.4, 0.5) is 36.6 Å². The summed E-state index contributed by atoms with van der Waals surface area (Å²) in [6.45, 7) is 1.49. The quantitative estimate of drug-likeness (QED) is 0.463. The number of carbonyl (C=O) groups is 1. The van der Waals surface area contributed by atoms with E-state index in [1.165, 1.54) is 19.1 Å². The molecule has 202 valence electrons. The minimum atomic E-state index is -4.77.